The van der Waals surface area contributed by atoms with Crippen molar-refractivity contribution in [3.8, 4) is 11.5 Å². The molecule has 4 aliphatic rings. The van der Waals surface area contributed by atoms with Crippen molar-refractivity contribution in [3.05, 3.63) is 66.3 Å². The number of ketones is 4. The molecule has 2 aromatic rings. The molecule has 2 aromatic carbocycles. The van der Waals surface area contributed by atoms with Crippen LogP contribution in [0, 0.1) is 40.4 Å². The average molecular weight is 793 g/mol. The van der Waals surface area contributed by atoms with E-state index in [0.717, 1.165) is 59.6 Å². The predicted octanol–water partition coefficient (Wildman–Crippen LogP) is 10.6. The minimum Gasteiger partial charge on any atom is -0.497 e. The Morgan fingerprint density at radius 2 is 1.71 bits per heavy atom. The summed E-state index contributed by atoms with van der Waals surface area (Å²) in [5.74, 6) is -0.611. The van der Waals surface area contributed by atoms with Crippen LogP contribution in [0.15, 0.2) is 60.7 Å². The summed E-state index contributed by atoms with van der Waals surface area (Å²) >= 11 is 0. The molecule has 0 amide bonds. The van der Waals surface area contributed by atoms with E-state index >= 15 is 0 Å². The first kappa shape index (κ1) is 43.3. The summed E-state index contributed by atoms with van der Waals surface area (Å²) < 4.78 is 18.3. The molecule has 6 rings (SSSR count). The largest absolute Gasteiger partial charge is 0.497 e. The van der Waals surface area contributed by atoms with E-state index in [9.17, 15) is 24.0 Å². The summed E-state index contributed by atoms with van der Waals surface area (Å²) in [5.41, 5.74) is 1.72. The van der Waals surface area contributed by atoms with E-state index in [0.29, 0.717) is 55.9 Å². The van der Waals surface area contributed by atoms with Gasteiger partial charge in [-0.05, 0) is 129 Å². The lowest BCUT2D eigenvalue weighted by Crippen LogP contribution is -2.39. The Morgan fingerprint density at radius 3 is 2.34 bits per heavy atom. The molecule has 0 saturated heterocycles. The van der Waals surface area contributed by atoms with Crippen molar-refractivity contribution in [2.24, 2.45) is 40.4 Å². The smallest absolute Gasteiger partial charge is 0.306 e. The normalized spacial score (nSPS) is 25.0. The van der Waals surface area contributed by atoms with Gasteiger partial charge in [-0.15, -0.1) is 6.58 Å². The summed E-state index contributed by atoms with van der Waals surface area (Å²) in [5, 5.41) is 1.79. The summed E-state index contributed by atoms with van der Waals surface area (Å²) in [4.78, 5) is 68.3. The number of benzene rings is 2. The predicted molar refractivity (Wildman–Crippen MR) is 227 cm³/mol. The van der Waals surface area contributed by atoms with Gasteiger partial charge in [0.25, 0.3) is 0 Å². The second-order valence-corrected chi connectivity index (χ2v) is 19.1. The minimum absolute atomic E-state index is 0.0290. The number of hydrogen-bond acceptors (Lipinski definition) is 8. The number of rotatable bonds is 19. The monoisotopic (exact) mass is 792 g/mol. The summed E-state index contributed by atoms with van der Waals surface area (Å²) in [6.45, 7) is 15.6. The summed E-state index contributed by atoms with van der Waals surface area (Å²) in [6.07, 6.45) is 13.0. The van der Waals surface area contributed by atoms with Crippen LogP contribution in [0.1, 0.15) is 131 Å². The third kappa shape index (κ3) is 9.92. The molecule has 0 heterocycles. The van der Waals surface area contributed by atoms with Gasteiger partial charge in [-0.2, -0.15) is 0 Å². The van der Waals surface area contributed by atoms with Gasteiger partial charge in [0, 0.05) is 47.8 Å². The van der Waals surface area contributed by atoms with Crippen molar-refractivity contribution in [1.82, 2.24) is 0 Å². The van der Waals surface area contributed by atoms with E-state index in [1.165, 1.54) is 0 Å². The molecule has 0 spiro atoms. The highest BCUT2D eigenvalue weighted by Gasteiger charge is 2.59. The van der Waals surface area contributed by atoms with Crippen molar-refractivity contribution in [2.45, 2.75) is 137 Å². The Bertz CT molecular complexity index is 1990. The molecule has 0 bridgehead atoms. The zero-order valence-corrected chi connectivity index (χ0v) is 35.8. The van der Waals surface area contributed by atoms with Gasteiger partial charge in [0.2, 0.25) is 0 Å². The lowest BCUT2D eigenvalue weighted by atomic mass is 9.70. The molecule has 6 unspecified atom stereocenters. The van der Waals surface area contributed by atoms with Crippen molar-refractivity contribution in [2.75, 3.05) is 7.11 Å². The van der Waals surface area contributed by atoms with Gasteiger partial charge >= 0.3 is 5.97 Å². The number of carbonyl (C=O) groups is 5. The molecule has 6 atom stereocenters. The van der Waals surface area contributed by atoms with Gasteiger partial charge in [-0.25, -0.2) is 0 Å². The van der Waals surface area contributed by atoms with E-state index in [-0.39, 0.29) is 54.0 Å². The van der Waals surface area contributed by atoms with E-state index in [2.05, 4.69) is 38.6 Å². The van der Waals surface area contributed by atoms with E-state index in [1.54, 1.807) is 20.1 Å². The number of allylic oxidation sites excluding steroid dienone is 5. The lowest BCUT2D eigenvalue weighted by molar-refractivity contribution is -0.154. The molecule has 8 heteroatoms. The van der Waals surface area contributed by atoms with Crippen LogP contribution in [0.5, 0.6) is 11.5 Å². The van der Waals surface area contributed by atoms with Crippen LogP contribution in [0.25, 0.3) is 16.3 Å². The highest BCUT2D eigenvalue weighted by molar-refractivity contribution is 5.98. The van der Waals surface area contributed by atoms with E-state index < -0.39 is 34.7 Å². The van der Waals surface area contributed by atoms with Crippen LogP contribution in [0.4, 0.5) is 0 Å². The van der Waals surface area contributed by atoms with E-state index in [1.807, 2.05) is 45.0 Å². The third-order valence-electron chi connectivity index (χ3n) is 13.4. The fraction of sp³-hybridized carbons (Fsp3) is 0.580. The highest BCUT2D eigenvalue weighted by Crippen LogP contribution is 2.58. The number of esters is 1. The molecule has 4 aliphatic carbocycles. The molecule has 3 saturated carbocycles. The van der Waals surface area contributed by atoms with Crippen molar-refractivity contribution in [3.63, 3.8) is 0 Å². The fourth-order valence-electron chi connectivity index (χ4n) is 9.65. The van der Waals surface area contributed by atoms with Gasteiger partial charge in [0.05, 0.1) is 13.5 Å². The van der Waals surface area contributed by atoms with Crippen molar-refractivity contribution >= 4 is 45.4 Å². The molecule has 0 aromatic heterocycles. The second kappa shape index (κ2) is 17.9. The third-order valence-corrected chi connectivity index (χ3v) is 13.4. The number of carbonyl (C=O) groups excluding carboxylic acids is 5. The second-order valence-electron chi connectivity index (χ2n) is 19.1. The number of ether oxygens (including phenoxy) is 3. The van der Waals surface area contributed by atoms with E-state index in [4.69, 9.17) is 14.2 Å². The molecule has 58 heavy (non-hydrogen) atoms. The average Bonchev–Trinajstić information content (AvgIpc) is 3.58. The molecule has 0 aliphatic heterocycles. The number of hydrogen-bond donors (Lipinski definition) is 0. The standard InChI is InChI=1S/C50H64O8/c1-9-36-28-50(36,31(4)51)29-45(53)42-25-40(26-43(42)48(55)44(49(5,6)7)27-47(54)58-38-12-10-11-13-38)57-46-24-34(22-35-23-39(56-8)18-19-41(35)46)33-16-15-32(20-33)21-37(52)17-14-30(2)3/h9,16,18-20,22-24,30,36,38,40,42-44H,1,10-15,17,21,25-29H2,2-8H3. The topological polar surface area (TPSA) is 113 Å². The highest BCUT2D eigenvalue weighted by atomic mass is 16.5. The van der Waals surface area contributed by atoms with Gasteiger partial charge in [0.15, 0.2) is 0 Å². The molecule has 0 radical (unpaired) electrons. The zero-order chi connectivity index (χ0) is 41.9. The Balaban J connectivity index is 1.30. The van der Waals surface area contributed by atoms with Gasteiger partial charge in [-0.3, -0.25) is 24.0 Å². The van der Waals surface area contributed by atoms with Crippen LogP contribution in [0.3, 0.4) is 0 Å². The molecular formula is C50H64O8. The first-order chi connectivity index (χ1) is 27.5. The SMILES string of the molecule is C=CC1CC1(CC(=O)C1CC(Oc2cc(C3=CCC(CC(=O)CCC(C)C)=C3)cc3cc(OC)ccc23)CC1C(=O)C(CC(=O)OC1CCCC1)C(C)(C)C)C(C)=O. The van der Waals surface area contributed by atoms with Crippen LogP contribution >= 0.6 is 0 Å². The fourth-order valence-corrected chi connectivity index (χ4v) is 9.65. The number of fused-ring (bicyclic) bond motifs is 1. The van der Waals surface area contributed by atoms with Crippen molar-refractivity contribution < 1.29 is 38.2 Å². The van der Waals surface area contributed by atoms with Gasteiger partial charge in [0.1, 0.15) is 46.8 Å². The first-order valence-corrected chi connectivity index (χ1v) is 21.6. The van der Waals surface area contributed by atoms with Crippen LogP contribution in [-0.4, -0.2) is 48.4 Å². The number of methoxy groups -OCH3 is 1. The van der Waals surface area contributed by atoms with Gasteiger partial charge < -0.3 is 14.2 Å². The number of Topliss-reactive ketones (excluding diaryl/α,β-unsaturated/α-hetero) is 4. The summed E-state index contributed by atoms with van der Waals surface area (Å²) in [7, 11) is 1.63. The Hall–Kier alpha value is -4.33. The Kier molecular flexibility index (Phi) is 13.3. The molecule has 0 N–H and O–H groups in total. The molecule has 312 valence electrons. The molecule has 8 nitrogen and oxygen atoms in total. The Labute approximate surface area is 345 Å². The van der Waals surface area contributed by atoms with Crippen LogP contribution in [0.2, 0.25) is 0 Å². The molecule has 3 fully saturated rings. The quantitative estimate of drug-likeness (QED) is 0.102. The minimum atomic E-state index is -0.774. The van der Waals surface area contributed by atoms with Crippen LogP contribution in [-0.2, 0) is 28.7 Å². The molecular weight excluding hydrogens is 729 g/mol. The first-order valence-electron chi connectivity index (χ1n) is 21.6. The Morgan fingerprint density at radius 1 is 0.983 bits per heavy atom. The van der Waals surface area contributed by atoms with Crippen molar-refractivity contribution in [1.29, 1.82) is 0 Å². The lowest BCUT2D eigenvalue weighted by Gasteiger charge is -2.32. The maximum atomic E-state index is 14.9. The maximum absolute atomic E-state index is 14.9. The van der Waals surface area contributed by atoms with Gasteiger partial charge in [-0.1, -0.05) is 58.4 Å². The zero-order valence-electron chi connectivity index (χ0n) is 35.8. The maximum Gasteiger partial charge on any atom is 0.306 e. The van der Waals surface area contributed by atoms with Crippen LogP contribution < -0.4 is 9.47 Å². The summed E-state index contributed by atoms with van der Waals surface area (Å²) in [6, 6.07) is 9.96.